The number of carbonyl (C=O) groups excluding carboxylic acids is 1. The first-order chi connectivity index (χ1) is 8.53. The molecule has 18 heavy (non-hydrogen) atoms. The van der Waals surface area contributed by atoms with Crippen LogP contribution in [-0.4, -0.2) is 11.4 Å². The first kappa shape index (κ1) is 13.6. The Hall–Kier alpha value is -0.870. The largest absolute Gasteiger partial charge is 0.348 e. The van der Waals surface area contributed by atoms with Crippen molar-refractivity contribution in [1.82, 2.24) is 5.32 Å². The van der Waals surface area contributed by atoms with E-state index in [1.807, 2.05) is 31.2 Å². The minimum Gasteiger partial charge on any atom is -0.348 e. The van der Waals surface area contributed by atoms with Crippen molar-refractivity contribution in [2.45, 2.75) is 44.2 Å². The maximum absolute atomic E-state index is 12.2. The highest BCUT2D eigenvalue weighted by Crippen LogP contribution is 2.29. The molecule has 1 atom stereocenters. The Bertz CT molecular complexity index is 441. The second-order valence-corrected chi connectivity index (χ2v) is 5.93. The van der Waals surface area contributed by atoms with E-state index in [4.69, 9.17) is 5.73 Å². The lowest BCUT2D eigenvalue weighted by Gasteiger charge is -2.25. The van der Waals surface area contributed by atoms with Crippen LogP contribution >= 0.6 is 15.9 Å². The van der Waals surface area contributed by atoms with E-state index in [1.165, 1.54) is 0 Å². The number of nitrogens with two attached hydrogens (primary N) is 1. The molecule has 3 N–H and O–H groups in total. The third-order valence-corrected chi connectivity index (χ3v) is 4.39. The SMILES string of the molecule is C[C@@H](NC(=O)C1(N)CCCC1)c1ccccc1Br. The Morgan fingerprint density at radius 3 is 2.61 bits per heavy atom. The number of hydrogen-bond acceptors (Lipinski definition) is 2. The summed E-state index contributed by atoms with van der Waals surface area (Å²) < 4.78 is 1.01. The predicted molar refractivity (Wildman–Crippen MR) is 76.1 cm³/mol. The molecule has 1 fully saturated rings. The zero-order valence-electron chi connectivity index (χ0n) is 10.6. The van der Waals surface area contributed by atoms with Gasteiger partial charge in [-0.15, -0.1) is 0 Å². The second kappa shape index (κ2) is 5.41. The smallest absolute Gasteiger partial charge is 0.240 e. The molecule has 1 aromatic rings. The summed E-state index contributed by atoms with van der Waals surface area (Å²) >= 11 is 3.50. The van der Waals surface area contributed by atoms with Crippen molar-refractivity contribution in [1.29, 1.82) is 0 Å². The van der Waals surface area contributed by atoms with E-state index in [2.05, 4.69) is 21.2 Å². The Morgan fingerprint density at radius 2 is 2.00 bits per heavy atom. The highest BCUT2D eigenvalue weighted by molar-refractivity contribution is 9.10. The molecule has 0 heterocycles. The average molecular weight is 311 g/mol. The number of nitrogens with one attached hydrogen (secondary N) is 1. The van der Waals surface area contributed by atoms with Crippen molar-refractivity contribution in [2.24, 2.45) is 5.73 Å². The molecular formula is C14H19BrN2O. The second-order valence-electron chi connectivity index (χ2n) is 5.08. The molecule has 0 radical (unpaired) electrons. The number of rotatable bonds is 3. The summed E-state index contributed by atoms with van der Waals surface area (Å²) in [4.78, 5) is 12.2. The van der Waals surface area contributed by atoms with E-state index >= 15 is 0 Å². The predicted octanol–water partition coefficient (Wildman–Crippen LogP) is 2.90. The molecule has 0 spiro atoms. The molecule has 0 unspecified atom stereocenters. The van der Waals surface area contributed by atoms with Crippen LogP contribution in [0.2, 0.25) is 0 Å². The van der Waals surface area contributed by atoms with Crippen molar-refractivity contribution in [3.8, 4) is 0 Å². The minimum atomic E-state index is -0.657. The minimum absolute atomic E-state index is 0.0248. The van der Waals surface area contributed by atoms with Crippen LogP contribution in [0.1, 0.15) is 44.2 Å². The molecule has 1 saturated carbocycles. The Labute approximate surface area is 116 Å². The third-order valence-electron chi connectivity index (χ3n) is 3.67. The van der Waals surface area contributed by atoms with E-state index < -0.39 is 5.54 Å². The number of hydrogen-bond donors (Lipinski definition) is 2. The molecule has 1 amide bonds. The lowest BCUT2D eigenvalue weighted by atomic mass is 9.97. The standard InChI is InChI=1S/C14H19BrN2O/c1-10(11-6-2-3-7-12(11)15)17-13(18)14(16)8-4-5-9-14/h2-3,6-7,10H,4-5,8-9,16H2,1H3,(H,17,18)/t10-/m1/s1. The fourth-order valence-electron chi connectivity index (χ4n) is 2.48. The highest BCUT2D eigenvalue weighted by atomic mass is 79.9. The molecule has 0 saturated heterocycles. The highest BCUT2D eigenvalue weighted by Gasteiger charge is 2.37. The third kappa shape index (κ3) is 2.75. The van der Waals surface area contributed by atoms with Gasteiger partial charge >= 0.3 is 0 Å². The molecule has 1 aromatic carbocycles. The fourth-order valence-corrected chi connectivity index (χ4v) is 3.11. The molecule has 1 aliphatic rings. The van der Waals surface area contributed by atoms with Gasteiger partial charge in [0.25, 0.3) is 0 Å². The van der Waals surface area contributed by atoms with Crippen LogP contribution in [-0.2, 0) is 4.79 Å². The Kier molecular flexibility index (Phi) is 4.07. The summed E-state index contributed by atoms with van der Waals surface area (Å²) in [5, 5.41) is 3.03. The zero-order chi connectivity index (χ0) is 13.2. The average Bonchev–Trinajstić information content (AvgIpc) is 2.78. The van der Waals surface area contributed by atoms with Gasteiger partial charge in [0.2, 0.25) is 5.91 Å². The fraction of sp³-hybridized carbons (Fsp3) is 0.500. The maximum Gasteiger partial charge on any atom is 0.240 e. The van der Waals surface area contributed by atoms with Crippen molar-refractivity contribution in [3.63, 3.8) is 0 Å². The van der Waals surface area contributed by atoms with Gasteiger partial charge in [0.15, 0.2) is 0 Å². The van der Waals surface area contributed by atoms with Crippen LogP contribution in [0, 0.1) is 0 Å². The van der Waals surface area contributed by atoms with Crippen LogP contribution in [0.5, 0.6) is 0 Å². The van der Waals surface area contributed by atoms with Crippen molar-refractivity contribution in [2.75, 3.05) is 0 Å². The Balaban J connectivity index is 2.06. The molecule has 2 rings (SSSR count). The quantitative estimate of drug-likeness (QED) is 0.902. The topological polar surface area (TPSA) is 55.1 Å². The molecular weight excluding hydrogens is 292 g/mol. The van der Waals surface area contributed by atoms with Crippen molar-refractivity contribution < 1.29 is 4.79 Å². The summed E-state index contributed by atoms with van der Waals surface area (Å²) in [7, 11) is 0. The lowest BCUT2D eigenvalue weighted by molar-refractivity contribution is -0.126. The van der Waals surface area contributed by atoms with E-state index in [-0.39, 0.29) is 11.9 Å². The van der Waals surface area contributed by atoms with Crippen molar-refractivity contribution >= 4 is 21.8 Å². The van der Waals surface area contributed by atoms with Gasteiger partial charge in [-0.3, -0.25) is 4.79 Å². The number of amides is 1. The van der Waals surface area contributed by atoms with Gasteiger partial charge in [-0.25, -0.2) is 0 Å². The van der Waals surface area contributed by atoms with Gasteiger partial charge in [-0.05, 0) is 31.4 Å². The number of halogens is 1. The van der Waals surface area contributed by atoms with Gasteiger partial charge in [-0.1, -0.05) is 47.0 Å². The van der Waals surface area contributed by atoms with E-state index in [1.54, 1.807) is 0 Å². The molecule has 98 valence electrons. The molecule has 4 heteroatoms. The number of benzene rings is 1. The van der Waals surface area contributed by atoms with Gasteiger partial charge in [-0.2, -0.15) is 0 Å². The Morgan fingerprint density at radius 1 is 1.39 bits per heavy atom. The van der Waals surface area contributed by atoms with Crippen LogP contribution in [0.3, 0.4) is 0 Å². The summed E-state index contributed by atoms with van der Waals surface area (Å²) in [6.07, 6.45) is 3.68. The first-order valence-corrected chi connectivity index (χ1v) is 7.16. The maximum atomic E-state index is 12.2. The summed E-state index contributed by atoms with van der Waals surface area (Å²) in [6.45, 7) is 1.98. The summed E-state index contributed by atoms with van der Waals surface area (Å²) in [5.41, 5.74) is 6.56. The molecule has 0 aliphatic heterocycles. The molecule has 0 aromatic heterocycles. The van der Waals surface area contributed by atoms with Crippen LogP contribution in [0.4, 0.5) is 0 Å². The lowest BCUT2D eigenvalue weighted by Crippen LogP contribution is -2.52. The van der Waals surface area contributed by atoms with Gasteiger partial charge < -0.3 is 11.1 Å². The van der Waals surface area contributed by atoms with Crippen molar-refractivity contribution in [3.05, 3.63) is 34.3 Å². The normalized spacial score (nSPS) is 19.5. The van der Waals surface area contributed by atoms with E-state index in [0.29, 0.717) is 0 Å². The van der Waals surface area contributed by atoms with Gasteiger partial charge in [0, 0.05) is 4.47 Å². The molecule has 0 bridgehead atoms. The zero-order valence-corrected chi connectivity index (χ0v) is 12.2. The summed E-state index contributed by atoms with van der Waals surface area (Å²) in [6, 6.07) is 7.88. The number of carbonyl (C=O) groups is 1. The van der Waals surface area contributed by atoms with Crippen LogP contribution < -0.4 is 11.1 Å². The van der Waals surface area contributed by atoms with Crippen LogP contribution in [0.15, 0.2) is 28.7 Å². The van der Waals surface area contributed by atoms with E-state index in [0.717, 1.165) is 35.7 Å². The first-order valence-electron chi connectivity index (χ1n) is 6.37. The molecule has 3 nitrogen and oxygen atoms in total. The van der Waals surface area contributed by atoms with E-state index in [9.17, 15) is 4.79 Å². The monoisotopic (exact) mass is 310 g/mol. The summed E-state index contributed by atoms with van der Waals surface area (Å²) in [5.74, 6) is -0.0248. The van der Waals surface area contributed by atoms with Gasteiger partial charge in [0.1, 0.15) is 0 Å². The molecule has 1 aliphatic carbocycles. The van der Waals surface area contributed by atoms with Crippen LogP contribution in [0.25, 0.3) is 0 Å². The van der Waals surface area contributed by atoms with Gasteiger partial charge in [0.05, 0.1) is 11.6 Å².